The second kappa shape index (κ2) is 4.71. The lowest BCUT2D eigenvalue weighted by Crippen LogP contribution is -2.06. The van der Waals surface area contributed by atoms with E-state index in [1.807, 2.05) is 0 Å². The summed E-state index contributed by atoms with van der Waals surface area (Å²) in [5.74, 6) is 2.94. The summed E-state index contributed by atoms with van der Waals surface area (Å²) < 4.78 is 4.99. The van der Waals surface area contributed by atoms with Crippen LogP contribution in [0, 0.1) is 18.3 Å². The summed E-state index contributed by atoms with van der Waals surface area (Å²) in [5.41, 5.74) is 0. The minimum absolute atomic E-state index is 0.0412. The zero-order chi connectivity index (χ0) is 9.68. The van der Waals surface area contributed by atoms with Gasteiger partial charge in [0.2, 0.25) is 0 Å². The van der Waals surface area contributed by atoms with Gasteiger partial charge in [-0.05, 0) is 6.42 Å². The Morgan fingerprint density at radius 3 is 3.15 bits per heavy atom. The van der Waals surface area contributed by atoms with Crippen molar-refractivity contribution in [2.75, 3.05) is 0 Å². The maximum atomic E-state index is 11.2. The molecule has 70 valence electrons. The lowest BCUT2D eigenvalue weighted by atomic mass is 10.00. The summed E-state index contributed by atoms with van der Waals surface area (Å²) in [6, 6.07) is 0. The lowest BCUT2D eigenvalue weighted by molar-refractivity contribution is -0.139. The molecule has 0 amide bonds. The molecule has 2 heteroatoms. The normalized spacial score (nSPS) is 24.5. The van der Waals surface area contributed by atoms with E-state index in [4.69, 9.17) is 11.2 Å². The Morgan fingerprint density at radius 1 is 1.77 bits per heavy atom. The van der Waals surface area contributed by atoms with E-state index < -0.39 is 0 Å². The summed E-state index contributed by atoms with van der Waals surface area (Å²) >= 11 is 0. The van der Waals surface area contributed by atoms with E-state index in [9.17, 15) is 4.79 Å². The van der Waals surface area contributed by atoms with Crippen LogP contribution in [0.4, 0.5) is 0 Å². The Labute approximate surface area is 79.0 Å². The largest absolute Gasteiger partial charge is 0.430 e. The van der Waals surface area contributed by atoms with E-state index in [1.165, 1.54) is 6.08 Å². The molecule has 0 aromatic heterocycles. The van der Waals surface area contributed by atoms with Crippen molar-refractivity contribution in [2.24, 2.45) is 5.92 Å². The minimum atomic E-state index is -0.116. The van der Waals surface area contributed by atoms with E-state index >= 15 is 0 Å². The first kappa shape index (κ1) is 9.85. The van der Waals surface area contributed by atoms with Crippen LogP contribution in [-0.4, -0.2) is 5.97 Å². The van der Waals surface area contributed by atoms with Crippen molar-refractivity contribution in [3.05, 3.63) is 11.8 Å². The minimum Gasteiger partial charge on any atom is -0.430 e. The van der Waals surface area contributed by atoms with Crippen LogP contribution in [0.5, 0.6) is 0 Å². The molecule has 0 aromatic carbocycles. The maximum Gasteiger partial charge on any atom is 0.314 e. The van der Waals surface area contributed by atoms with Crippen LogP contribution in [0.2, 0.25) is 0 Å². The van der Waals surface area contributed by atoms with Crippen molar-refractivity contribution in [1.29, 1.82) is 0 Å². The number of carbonyl (C=O) groups is 1. The summed E-state index contributed by atoms with van der Waals surface area (Å²) in [4.78, 5) is 11.2. The first-order chi connectivity index (χ1) is 6.27. The smallest absolute Gasteiger partial charge is 0.314 e. The first-order valence-electron chi connectivity index (χ1n) is 4.64. The molecule has 1 unspecified atom stereocenters. The van der Waals surface area contributed by atoms with Crippen LogP contribution in [0.1, 0.15) is 32.6 Å². The standard InChI is InChI=1S/C11H14O2/c1-3-5-7-9-8-10(6-4-2)13-11(9)12/h2,6,9H,3,5,7-8H2,1H3. The number of allylic oxidation sites excluding steroid dienone is 2. The number of hydrogen-bond acceptors (Lipinski definition) is 2. The van der Waals surface area contributed by atoms with Gasteiger partial charge in [-0.2, -0.15) is 0 Å². The van der Waals surface area contributed by atoms with Crippen molar-refractivity contribution in [1.82, 2.24) is 0 Å². The molecule has 0 saturated carbocycles. The topological polar surface area (TPSA) is 26.3 Å². The van der Waals surface area contributed by atoms with Crippen LogP contribution in [-0.2, 0) is 9.53 Å². The summed E-state index contributed by atoms with van der Waals surface area (Å²) in [6.45, 7) is 2.11. The molecular formula is C11H14O2. The summed E-state index contributed by atoms with van der Waals surface area (Å²) in [7, 11) is 0. The van der Waals surface area contributed by atoms with Crippen molar-refractivity contribution in [3.8, 4) is 12.3 Å². The Balaban J connectivity index is 2.48. The van der Waals surface area contributed by atoms with Crippen LogP contribution < -0.4 is 0 Å². The lowest BCUT2D eigenvalue weighted by Gasteiger charge is -2.00. The van der Waals surface area contributed by atoms with E-state index in [2.05, 4.69) is 12.8 Å². The van der Waals surface area contributed by atoms with E-state index in [-0.39, 0.29) is 11.9 Å². The van der Waals surface area contributed by atoms with Gasteiger partial charge in [0, 0.05) is 12.5 Å². The van der Waals surface area contributed by atoms with Gasteiger partial charge < -0.3 is 4.74 Å². The third kappa shape index (κ3) is 2.62. The van der Waals surface area contributed by atoms with Gasteiger partial charge in [0.1, 0.15) is 5.76 Å². The van der Waals surface area contributed by atoms with Crippen molar-refractivity contribution in [2.45, 2.75) is 32.6 Å². The second-order valence-corrected chi connectivity index (χ2v) is 3.24. The summed E-state index contributed by atoms with van der Waals surface area (Å²) in [6.07, 6.45) is 10.4. The van der Waals surface area contributed by atoms with Crippen molar-refractivity contribution in [3.63, 3.8) is 0 Å². The highest BCUT2D eigenvalue weighted by Crippen LogP contribution is 2.27. The molecule has 1 saturated heterocycles. The van der Waals surface area contributed by atoms with E-state index in [0.29, 0.717) is 12.2 Å². The van der Waals surface area contributed by atoms with Gasteiger partial charge in [0.25, 0.3) is 0 Å². The average Bonchev–Trinajstić information content (AvgIpc) is 2.44. The van der Waals surface area contributed by atoms with Crippen molar-refractivity contribution < 1.29 is 9.53 Å². The molecule has 1 aliphatic rings. The van der Waals surface area contributed by atoms with E-state index in [0.717, 1.165) is 19.3 Å². The van der Waals surface area contributed by atoms with Gasteiger partial charge in [-0.25, -0.2) is 0 Å². The number of hydrogen-bond donors (Lipinski definition) is 0. The number of rotatable bonds is 3. The van der Waals surface area contributed by atoms with Gasteiger partial charge in [-0.1, -0.05) is 25.7 Å². The molecule has 0 spiro atoms. The molecule has 1 heterocycles. The first-order valence-corrected chi connectivity index (χ1v) is 4.64. The van der Waals surface area contributed by atoms with Gasteiger partial charge in [-0.15, -0.1) is 6.42 Å². The maximum absolute atomic E-state index is 11.2. The Kier molecular flexibility index (Phi) is 3.57. The quantitative estimate of drug-likeness (QED) is 0.489. The SMILES string of the molecule is C#CC=C1CC(CCCC)C(=O)O1. The molecule has 1 fully saturated rings. The molecule has 0 N–H and O–H groups in total. The predicted molar refractivity (Wildman–Crippen MR) is 50.6 cm³/mol. The fourth-order valence-corrected chi connectivity index (χ4v) is 1.43. The van der Waals surface area contributed by atoms with Gasteiger partial charge in [0.15, 0.2) is 0 Å². The van der Waals surface area contributed by atoms with Crippen molar-refractivity contribution >= 4 is 5.97 Å². The van der Waals surface area contributed by atoms with Crippen LogP contribution in [0.3, 0.4) is 0 Å². The fraction of sp³-hybridized carbons (Fsp3) is 0.545. The molecule has 0 aliphatic carbocycles. The highest BCUT2D eigenvalue weighted by Gasteiger charge is 2.29. The molecular weight excluding hydrogens is 164 g/mol. The molecule has 1 aliphatic heterocycles. The molecule has 0 bridgehead atoms. The fourth-order valence-electron chi connectivity index (χ4n) is 1.43. The molecule has 13 heavy (non-hydrogen) atoms. The molecule has 2 nitrogen and oxygen atoms in total. The Bertz CT molecular complexity index is 258. The third-order valence-electron chi connectivity index (χ3n) is 2.16. The second-order valence-electron chi connectivity index (χ2n) is 3.24. The average molecular weight is 178 g/mol. The third-order valence-corrected chi connectivity index (χ3v) is 2.16. The number of unbranched alkanes of at least 4 members (excludes halogenated alkanes) is 1. The number of esters is 1. The van der Waals surface area contributed by atoms with Crippen LogP contribution in [0.15, 0.2) is 11.8 Å². The zero-order valence-corrected chi connectivity index (χ0v) is 7.88. The number of ether oxygens (including phenoxy) is 1. The highest BCUT2D eigenvalue weighted by molar-refractivity contribution is 5.76. The van der Waals surface area contributed by atoms with Gasteiger partial charge in [-0.3, -0.25) is 4.79 Å². The Hall–Kier alpha value is -1.23. The number of carbonyl (C=O) groups excluding carboxylic acids is 1. The van der Waals surface area contributed by atoms with E-state index in [1.54, 1.807) is 0 Å². The van der Waals surface area contributed by atoms with Gasteiger partial charge in [0.05, 0.1) is 5.92 Å². The Morgan fingerprint density at radius 2 is 2.54 bits per heavy atom. The molecule has 0 radical (unpaired) electrons. The predicted octanol–water partition coefficient (Wildman–Crippen LogP) is 2.26. The number of terminal acetylenes is 1. The van der Waals surface area contributed by atoms with Crippen LogP contribution >= 0.6 is 0 Å². The zero-order valence-electron chi connectivity index (χ0n) is 7.88. The monoisotopic (exact) mass is 178 g/mol. The highest BCUT2D eigenvalue weighted by atomic mass is 16.5. The molecule has 0 aromatic rings. The summed E-state index contributed by atoms with van der Waals surface area (Å²) in [5, 5.41) is 0. The van der Waals surface area contributed by atoms with Crippen LogP contribution in [0.25, 0.3) is 0 Å². The molecule has 1 atom stereocenters. The van der Waals surface area contributed by atoms with Gasteiger partial charge >= 0.3 is 5.97 Å². The molecule has 1 rings (SSSR count). The number of cyclic esters (lactones) is 1.